The van der Waals surface area contributed by atoms with Crippen LogP contribution in [0.2, 0.25) is 0 Å². The van der Waals surface area contributed by atoms with Gasteiger partial charge in [0.05, 0.1) is 19.1 Å². The number of esters is 1. The number of hydrogen-bond donors (Lipinski definition) is 4. The van der Waals surface area contributed by atoms with Crippen LogP contribution in [0.25, 0.3) is 0 Å². The minimum absolute atomic E-state index is 0.0199. The second-order valence-corrected chi connectivity index (χ2v) is 18.1. The van der Waals surface area contributed by atoms with E-state index < -0.39 is 62.7 Å². The Kier molecular flexibility index (Phi) is 8.23. The lowest BCUT2D eigenvalue weighted by Crippen LogP contribution is -2.72. The number of nitrogens with one attached hydrogen (secondary N) is 3. The molecule has 2 saturated heterocycles. The number of carbonyl (C=O) groups is 3. The first-order chi connectivity index (χ1) is 23.9. The third-order valence-corrected chi connectivity index (χ3v) is 15.6. The molecule has 1 aromatic rings. The van der Waals surface area contributed by atoms with Crippen molar-refractivity contribution < 1.29 is 33.7 Å². The van der Waals surface area contributed by atoms with Gasteiger partial charge in [0.15, 0.2) is 11.9 Å². The average Bonchev–Trinajstić information content (AvgIpc) is 3.54. The number of anilines is 2. The van der Waals surface area contributed by atoms with Crippen LogP contribution in [0.15, 0.2) is 24.4 Å². The molecule has 4 N–H and O–H groups in total. The van der Waals surface area contributed by atoms with Gasteiger partial charge in [0.2, 0.25) is 11.9 Å². The standard InChI is InChI=1S/C39H57N5O7/c1-11-40-32-42-33(44-43-32)41-21(4)17-49-29-30(51-23(6)45)39-18-38(39)25-16-27(46)37(10)28(31(47)48)34(7,22(5)20(2)3)14-15-36(37,9)24(25)12-13-26(38)35(29,8)19-50-39/h11,16,20-22,24,26,28-30H,1,12-15,17-19H2,2-10H3,(H,47,48)(H3,40,41,42,43,44)/t21?,22-,24+,26+,28-,29?,30+,34-,35+,36?,37+,38-,39?/m1/s1. The van der Waals surface area contributed by atoms with Crippen molar-refractivity contribution in [3.8, 4) is 0 Å². The van der Waals surface area contributed by atoms with Gasteiger partial charge in [-0.1, -0.05) is 60.6 Å². The third-order valence-electron chi connectivity index (χ3n) is 15.6. The normalized spacial score (nSPS) is 44.5. The zero-order chi connectivity index (χ0) is 37.1. The first-order valence-electron chi connectivity index (χ1n) is 18.9. The molecule has 280 valence electrons. The monoisotopic (exact) mass is 707 g/mol. The first kappa shape index (κ1) is 36.1. The number of nitrogens with zero attached hydrogens (tertiary/aromatic N) is 2. The Morgan fingerprint density at radius 1 is 1.16 bits per heavy atom. The lowest BCUT2D eigenvalue weighted by molar-refractivity contribution is -0.299. The van der Waals surface area contributed by atoms with E-state index in [-0.39, 0.29) is 35.5 Å². The van der Waals surface area contributed by atoms with Gasteiger partial charge in [0, 0.05) is 29.2 Å². The number of carbonyl (C=O) groups excluding carboxylic acids is 2. The van der Waals surface area contributed by atoms with Gasteiger partial charge in [-0.3, -0.25) is 14.4 Å². The van der Waals surface area contributed by atoms with Gasteiger partial charge in [0.1, 0.15) is 11.7 Å². The van der Waals surface area contributed by atoms with Crippen LogP contribution >= 0.6 is 0 Å². The van der Waals surface area contributed by atoms with Crippen LogP contribution < -0.4 is 10.6 Å². The number of rotatable bonds is 11. The molecule has 51 heavy (non-hydrogen) atoms. The van der Waals surface area contributed by atoms with Crippen molar-refractivity contribution >= 4 is 29.6 Å². The number of aromatic nitrogens is 3. The number of carboxylic acid groups (broad SMARTS) is 1. The van der Waals surface area contributed by atoms with Crippen molar-refractivity contribution in [2.75, 3.05) is 23.8 Å². The maximum Gasteiger partial charge on any atom is 0.308 e. The molecule has 0 radical (unpaired) electrons. The Bertz CT molecular complexity index is 1680. The van der Waals surface area contributed by atoms with Crippen molar-refractivity contribution in [2.24, 2.45) is 56.7 Å². The fourth-order valence-electron chi connectivity index (χ4n) is 12.6. The topological polar surface area (TPSA) is 165 Å². The molecule has 0 amide bonds. The predicted molar refractivity (Wildman–Crippen MR) is 190 cm³/mol. The van der Waals surface area contributed by atoms with E-state index in [4.69, 9.17) is 14.2 Å². The maximum absolute atomic E-state index is 14.9. The number of aliphatic carboxylic acids is 1. The summed E-state index contributed by atoms with van der Waals surface area (Å²) >= 11 is 0. The zero-order valence-corrected chi connectivity index (χ0v) is 31.7. The summed E-state index contributed by atoms with van der Waals surface area (Å²) in [4.78, 5) is 45.4. The molecule has 4 unspecified atom stereocenters. The minimum atomic E-state index is -1.07. The maximum atomic E-state index is 14.9. The summed E-state index contributed by atoms with van der Waals surface area (Å²) in [7, 11) is 0. The molecule has 12 nitrogen and oxygen atoms in total. The summed E-state index contributed by atoms with van der Waals surface area (Å²) in [5.41, 5.74) is -2.84. The minimum Gasteiger partial charge on any atom is -0.481 e. The fraction of sp³-hybridized carbons (Fsp3) is 0.769. The van der Waals surface area contributed by atoms with Gasteiger partial charge < -0.3 is 30.0 Å². The summed E-state index contributed by atoms with van der Waals surface area (Å²) in [6.07, 6.45) is 6.22. The Morgan fingerprint density at radius 2 is 1.88 bits per heavy atom. The molecule has 0 aromatic carbocycles. The summed E-state index contributed by atoms with van der Waals surface area (Å²) in [5.74, 6) is -0.687. The Morgan fingerprint density at radius 3 is 2.53 bits per heavy atom. The van der Waals surface area contributed by atoms with Gasteiger partial charge >= 0.3 is 11.9 Å². The van der Waals surface area contributed by atoms with Gasteiger partial charge in [0.25, 0.3) is 0 Å². The number of allylic oxidation sites excluding steroid dienone is 1. The molecule has 13 atom stereocenters. The lowest BCUT2D eigenvalue weighted by atomic mass is 9.35. The highest BCUT2D eigenvalue weighted by molar-refractivity contribution is 6.01. The fourth-order valence-corrected chi connectivity index (χ4v) is 12.6. The Balaban J connectivity index is 1.23. The Hall–Kier alpha value is -3.25. The smallest absolute Gasteiger partial charge is 0.308 e. The van der Waals surface area contributed by atoms with Crippen LogP contribution in [-0.4, -0.2) is 75.1 Å². The van der Waals surface area contributed by atoms with Crippen molar-refractivity contribution in [2.45, 2.75) is 118 Å². The summed E-state index contributed by atoms with van der Waals surface area (Å²) in [6.45, 7) is 22.8. The number of ketones is 1. The molecule has 3 heterocycles. The second-order valence-electron chi connectivity index (χ2n) is 18.1. The van der Waals surface area contributed by atoms with Gasteiger partial charge in [-0.15, -0.1) is 5.10 Å². The lowest BCUT2D eigenvalue weighted by Gasteiger charge is -2.68. The van der Waals surface area contributed by atoms with Crippen LogP contribution in [-0.2, 0) is 28.6 Å². The number of hydrogen-bond acceptors (Lipinski definition) is 10. The molecule has 5 aliphatic carbocycles. The van der Waals surface area contributed by atoms with Crippen LogP contribution in [0, 0.1) is 56.7 Å². The van der Waals surface area contributed by atoms with Crippen LogP contribution in [0.3, 0.4) is 0 Å². The molecular weight excluding hydrogens is 650 g/mol. The number of H-pyrrole nitrogens is 1. The van der Waals surface area contributed by atoms with Crippen LogP contribution in [0.4, 0.5) is 11.9 Å². The van der Waals surface area contributed by atoms with E-state index in [1.54, 1.807) is 0 Å². The number of ether oxygens (including phenoxy) is 3. The second kappa shape index (κ2) is 11.6. The molecule has 8 rings (SSSR count). The van der Waals surface area contributed by atoms with E-state index in [1.165, 1.54) is 13.1 Å². The SMILES string of the molecule is C=CNc1nc(NC(C)COC2[C@H](OC(C)=O)C34C[C@]35C3=CC(=O)[C@@]6(C)[C@H](C(=O)O)[C@@](C)([C@H](C)C(C)C)CCC6(C)[C@H]3CC[C@H]5[C@]2(C)CO4)n[nH]1. The largest absolute Gasteiger partial charge is 0.481 e. The molecular formula is C39H57N5O7. The molecule has 4 saturated carbocycles. The average molecular weight is 708 g/mol. The molecule has 2 bridgehead atoms. The van der Waals surface area contributed by atoms with Gasteiger partial charge in [-0.05, 0) is 85.8 Å². The zero-order valence-electron chi connectivity index (χ0n) is 31.7. The molecule has 12 heteroatoms. The van der Waals surface area contributed by atoms with Gasteiger partial charge in [-0.2, -0.15) is 4.98 Å². The van der Waals surface area contributed by atoms with E-state index in [0.29, 0.717) is 31.5 Å². The predicted octanol–water partition coefficient (Wildman–Crippen LogP) is 6.00. The van der Waals surface area contributed by atoms with Crippen molar-refractivity contribution in [3.05, 3.63) is 24.4 Å². The van der Waals surface area contributed by atoms with Crippen molar-refractivity contribution in [1.82, 2.24) is 15.2 Å². The van der Waals surface area contributed by atoms with Crippen LogP contribution in [0.1, 0.15) is 94.4 Å². The molecule has 7 aliphatic rings. The highest BCUT2D eigenvalue weighted by Crippen LogP contribution is 2.85. The summed E-state index contributed by atoms with van der Waals surface area (Å²) in [5, 5.41) is 24.1. The molecule has 6 fully saturated rings. The number of fused-ring (bicyclic) bond motifs is 5. The molecule has 2 aliphatic heterocycles. The Labute approximate surface area is 301 Å². The van der Waals surface area contributed by atoms with E-state index in [0.717, 1.165) is 31.3 Å². The van der Waals surface area contributed by atoms with Crippen molar-refractivity contribution in [3.63, 3.8) is 0 Å². The first-order valence-corrected chi connectivity index (χ1v) is 18.9. The summed E-state index contributed by atoms with van der Waals surface area (Å²) in [6, 6.07) is -0.161. The van der Waals surface area contributed by atoms with Crippen LogP contribution in [0.5, 0.6) is 0 Å². The van der Waals surface area contributed by atoms with Gasteiger partial charge in [-0.25, -0.2) is 5.10 Å². The van der Waals surface area contributed by atoms with E-state index in [2.05, 4.69) is 73.9 Å². The molecule has 2 spiro atoms. The van der Waals surface area contributed by atoms with E-state index in [1.807, 2.05) is 19.9 Å². The van der Waals surface area contributed by atoms with E-state index >= 15 is 0 Å². The highest BCUT2D eigenvalue weighted by Gasteiger charge is 2.90. The number of carboxylic acids is 1. The highest BCUT2D eigenvalue weighted by atomic mass is 16.6. The summed E-state index contributed by atoms with van der Waals surface area (Å²) < 4.78 is 19.8. The van der Waals surface area contributed by atoms with Crippen molar-refractivity contribution in [1.29, 1.82) is 0 Å². The quantitative estimate of drug-likeness (QED) is 0.200. The number of aromatic amines is 1. The third kappa shape index (κ3) is 4.59. The molecule has 1 aromatic heterocycles. The van der Waals surface area contributed by atoms with E-state index in [9.17, 15) is 19.5 Å².